The molecule has 6 nitrogen and oxygen atoms in total. The zero-order valence-electron chi connectivity index (χ0n) is 51.1. The molecule has 0 aromatic carbocycles. The maximum Gasteiger partial charge on any atom is 0.306 e. The van der Waals surface area contributed by atoms with Gasteiger partial charge in [0, 0.05) is 19.3 Å². The molecule has 0 saturated heterocycles. The molecule has 0 rings (SSSR count). The number of carbonyl (C=O) groups excluding carboxylic acids is 3. The van der Waals surface area contributed by atoms with Crippen LogP contribution in [-0.4, -0.2) is 37.2 Å². The van der Waals surface area contributed by atoms with Crippen LogP contribution in [0.15, 0.2) is 12.2 Å². The van der Waals surface area contributed by atoms with Crippen LogP contribution >= 0.6 is 0 Å². The molecule has 6 heteroatoms. The highest BCUT2D eigenvalue weighted by Gasteiger charge is 2.19. The minimum Gasteiger partial charge on any atom is -0.462 e. The van der Waals surface area contributed by atoms with Crippen molar-refractivity contribution >= 4 is 17.9 Å². The van der Waals surface area contributed by atoms with Gasteiger partial charge in [0.25, 0.3) is 0 Å². The van der Waals surface area contributed by atoms with Gasteiger partial charge in [-0.1, -0.05) is 348 Å². The van der Waals surface area contributed by atoms with Crippen molar-refractivity contribution < 1.29 is 28.6 Å². The predicted molar refractivity (Wildman–Crippen MR) is 326 cm³/mol. The standard InChI is InChI=1S/C69H132O6/c1-4-7-10-13-16-19-22-24-26-28-29-30-31-32-33-34-35-36-37-38-39-40-41-42-44-45-47-50-53-56-59-62-68(71)74-65-66(64-73-67(70)61-58-55-52-49-21-18-15-12-9-6-3)75-69(72)63-60-57-54-51-48-46-43-27-25-23-20-17-14-11-8-5-2/h12,15,66H,4-11,13-14,16-65H2,1-3H3/b15-12-. The molecular weight excluding hydrogens is 925 g/mol. The minimum absolute atomic E-state index is 0.0663. The average molecular weight is 1060 g/mol. The number of ether oxygens (including phenoxy) is 3. The van der Waals surface area contributed by atoms with E-state index < -0.39 is 6.10 Å². The molecule has 75 heavy (non-hydrogen) atoms. The van der Waals surface area contributed by atoms with E-state index in [4.69, 9.17) is 14.2 Å². The number of rotatable bonds is 64. The van der Waals surface area contributed by atoms with Gasteiger partial charge in [-0.2, -0.15) is 0 Å². The van der Waals surface area contributed by atoms with Crippen molar-refractivity contribution in [1.82, 2.24) is 0 Å². The summed E-state index contributed by atoms with van der Waals surface area (Å²) in [6, 6.07) is 0. The van der Waals surface area contributed by atoms with Crippen molar-refractivity contribution in [3.8, 4) is 0 Å². The van der Waals surface area contributed by atoms with Gasteiger partial charge in [-0.3, -0.25) is 14.4 Å². The summed E-state index contributed by atoms with van der Waals surface area (Å²) in [5.41, 5.74) is 0. The Morgan fingerprint density at radius 2 is 0.467 bits per heavy atom. The van der Waals surface area contributed by atoms with Crippen LogP contribution in [0.4, 0.5) is 0 Å². The van der Waals surface area contributed by atoms with Crippen molar-refractivity contribution in [2.45, 2.75) is 399 Å². The Balaban J connectivity index is 4.03. The highest BCUT2D eigenvalue weighted by molar-refractivity contribution is 5.71. The van der Waals surface area contributed by atoms with E-state index in [-0.39, 0.29) is 31.1 Å². The molecule has 0 bridgehead atoms. The monoisotopic (exact) mass is 1060 g/mol. The Labute approximate surface area is 469 Å². The Bertz CT molecular complexity index is 1170. The van der Waals surface area contributed by atoms with Crippen LogP contribution in [0.3, 0.4) is 0 Å². The third-order valence-electron chi connectivity index (χ3n) is 15.8. The molecule has 0 aliphatic carbocycles. The summed E-state index contributed by atoms with van der Waals surface area (Å²) in [5, 5.41) is 0. The summed E-state index contributed by atoms with van der Waals surface area (Å²) in [6.45, 7) is 6.65. The van der Waals surface area contributed by atoms with Crippen LogP contribution in [0.5, 0.6) is 0 Å². The molecule has 0 heterocycles. The minimum atomic E-state index is -0.768. The maximum atomic E-state index is 12.9. The maximum absolute atomic E-state index is 12.9. The molecule has 0 aliphatic heterocycles. The van der Waals surface area contributed by atoms with Gasteiger partial charge >= 0.3 is 17.9 Å². The first-order valence-corrected chi connectivity index (χ1v) is 34.2. The van der Waals surface area contributed by atoms with Gasteiger partial charge in [0.2, 0.25) is 0 Å². The van der Waals surface area contributed by atoms with Crippen molar-refractivity contribution in [3.05, 3.63) is 12.2 Å². The molecule has 0 fully saturated rings. The molecule has 0 saturated carbocycles. The van der Waals surface area contributed by atoms with Gasteiger partial charge in [-0.15, -0.1) is 0 Å². The summed E-state index contributed by atoms with van der Waals surface area (Å²) in [5.74, 6) is -0.849. The second-order valence-electron chi connectivity index (χ2n) is 23.5. The fourth-order valence-electron chi connectivity index (χ4n) is 10.6. The number of unbranched alkanes of at least 4 members (excludes halogenated alkanes) is 51. The van der Waals surface area contributed by atoms with E-state index in [1.165, 1.54) is 283 Å². The highest BCUT2D eigenvalue weighted by atomic mass is 16.6. The summed E-state index contributed by atoms with van der Waals surface area (Å²) in [7, 11) is 0. The fourth-order valence-corrected chi connectivity index (χ4v) is 10.6. The Hall–Kier alpha value is -1.85. The topological polar surface area (TPSA) is 78.9 Å². The summed E-state index contributed by atoms with van der Waals surface area (Å²) >= 11 is 0. The van der Waals surface area contributed by atoms with Gasteiger partial charge in [0.1, 0.15) is 13.2 Å². The summed E-state index contributed by atoms with van der Waals surface area (Å²) in [4.78, 5) is 38.2. The van der Waals surface area contributed by atoms with Crippen LogP contribution in [0.2, 0.25) is 0 Å². The third kappa shape index (κ3) is 62.9. The summed E-state index contributed by atoms with van der Waals surface area (Å²) < 4.78 is 16.9. The highest BCUT2D eigenvalue weighted by Crippen LogP contribution is 2.19. The normalized spacial score (nSPS) is 12.0. The molecule has 0 amide bonds. The number of hydrogen-bond acceptors (Lipinski definition) is 6. The van der Waals surface area contributed by atoms with E-state index in [9.17, 15) is 14.4 Å². The Morgan fingerprint density at radius 3 is 0.720 bits per heavy atom. The second kappa shape index (κ2) is 64.7. The average Bonchev–Trinajstić information content (AvgIpc) is 3.41. The molecule has 0 spiro atoms. The smallest absolute Gasteiger partial charge is 0.306 e. The van der Waals surface area contributed by atoms with Crippen LogP contribution in [0, 0.1) is 0 Å². The van der Waals surface area contributed by atoms with Gasteiger partial charge in [0.05, 0.1) is 0 Å². The van der Waals surface area contributed by atoms with Gasteiger partial charge in [0.15, 0.2) is 6.10 Å². The van der Waals surface area contributed by atoms with Crippen LogP contribution in [0.25, 0.3) is 0 Å². The quantitative estimate of drug-likeness (QED) is 0.0261. The molecule has 444 valence electrons. The molecule has 1 atom stereocenters. The molecule has 1 unspecified atom stereocenters. The van der Waals surface area contributed by atoms with E-state index in [1.807, 2.05) is 0 Å². The van der Waals surface area contributed by atoms with Crippen LogP contribution < -0.4 is 0 Å². The number of allylic oxidation sites excluding steroid dienone is 2. The zero-order valence-corrected chi connectivity index (χ0v) is 51.1. The Kier molecular flexibility index (Phi) is 63.1. The first-order chi connectivity index (χ1) is 37.0. The third-order valence-corrected chi connectivity index (χ3v) is 15.8. The van der Waals surface area contributed by atoms with E-state index >= 15 is 0 Å². The van der Waals surface area contributed by atoms with Crippen molar-refractivity contribution in [2.75, 3.05) is 13.2 Å². The van der Waals surface area contributed by atoms with Crippen molar-refractivity contribution in [2.24, 2.45) is 0 Å². The number of esters is 3. The zero-order chi connectivity index (χ0) is 54.3. The lowest BCUT2D eigenvalue weighted by molar-refractivity contribution is -0.167. The summed E-state index contributed by atoms with van der Waals surface area (Å²) in [6.07, 6.45) is 76.9. The molecule has 0 aromatic rings. The molecule has 0 N–H and O–H groups in total. The fraction of sp³-hybridized carbons (Fsp3) is 0.928. The first kappa shape index (κ1) is 73.2. The van der Waals surface area contributed by atoms with Gasteiger partial charge < -0.3 is 14.2 Å². The molecule has 0 aromatic heterocycles. The van der Waals surface area contributed by atoms with Crippen LogP contribution in [-0.2, 0) is 28.6 Å². The molecular formula is C69H132O6. The largest absolute Gasteiger partial charge is 0.462 e. The lowest BCUT2D eigenvalue weighted by Crippen LogP contribution is -2.30. The predicted octanol–water partition coefficient (Wildman–Crippen LogP) is 23.2. The second-order valence-corrected chi connectivity index (χ2v) is 23.5. The number of carbonyl (C=O) groups is 3. The van der Waals surface area contributed by atoms with Gasteiger partial charge in [-0.25, -0.2) is 0 Å². The first-order valence-electron chi connectivity index (χ1n) is 34.2. The Morgan fingerprint density at radius 1 is 0.253 bits per heavy atom. The molecule has 0 aliphatic rings. The SMILES string of the molecule is CCC/C=C\CCCCCCCC(=O)OCC(COC(=O)CCCCCCCCCCCCCCCCCCCCCCCCCCCCCCCCC)OC(=O)CCCCCCCCCCCCCCCCCC. The lowest BCUT2D eigenvalue weighted by atomic mass is 10.0. The van der Waals surface area contributed by atoms with E-state index in [1.54, 1.807) is 0 Å². The van der Waals surface area contributed by atoms with Crippen molar-refractivity contribution in [1.29, 1.82) is 0 Å². The van der Waals surface area contributed by atoms with E-state index in [0.717, 1.165) is 70.6 Å². The lowest BCUT2D eigenvalue weighted by Gasteiger charge is -2.18. The number of hydrogen-bond donors (Lipinski definition) is 0. The van der Waals surface area contributed by atoms with Crippen LogP contribution in [0.1, 0.15) is 393 Å². The van der Waals surface area contributed by atoms with E-state index in [2.05, 4.69) is 32.9 Å². The van der Waals surface area contributed by atoms with E-state index in [0.29, 0.717) is 19.3 Å². The van der Waals surface area contributed by atoms with Crippen molar-refractivity contribution in [3.63, 3.8) is 0 Å². The molecule has 0 radical (unpaired) electrons. The van der Waals surface area contributed by atoms with Gasteiger partial charge in [-0.05, 0) is 38.5 Å².